The van der Waals surface area contributed by atoms with E-state index in [1.165, 1.54) is 37.6 Å². The number of hydrogen-bond donors (Lipinski definition) is 1. The lowest BCUT2D eigenvalue weighted by Gasteiger charge is -2.05. The van der Waals surface area contributed by atoms with Crippen molar-refractivity contribution < 1.29 is 13.9 Å². The molecule has 0 fully saturated rings. The predicted octanol–water partition coefficient (Wildman–Crippen LogP) is 2.48. The summed E-state index contributed by atoms with van der Waals surface area (Å²) in [5, 5.41) is 2.64. The quantitative estimate of drug-likeness (QED) is 0.905. The molecular weight excluding hydrogens is 235 g/mol. The van der Waals surface area contributed by atoms with Crippen LogP contribution in [0.25, 0.3) is 0 Å². The van der Waals surface area contributed by atoms with Gasteiger partial charge in [-0.25, -0.2) is 9.37 Å². The van der Waals surface area contributed by atoms with Crippen LogP contribution >= 0.6 is 0 Å². The Hall–Kier alpha value is -2.43. The number of nitrogens with zero attached hydrogens (tertiary/aromatic N) is 1. The van der Waals surface area contributed by atoms with Crippen LogP contribution in [0.2, 0.25) is 0 Å². The first-order chi connectivity index (χ1) is 8.69. The number of carbonyl (C=O) groups excluding carboxylic acids is 1. The number of anilines is 1. The first kappa shape index (κ1) is 12.0. The second kappa shape index (κ2) is 5.27. The highest BCUT2D eigenvalue weighted by Crippen LogP contribution is 2.11. The maximum atomic E-state index is 12.7. The molecule has 1 aromatic carbocycles. The van der Waals surface area contributed by atoms with Gasteiger partial charge in [0.25, 0.3) is 5.91 Å². The lowest BCUT2D eigenvalue weighted by molar-refractivity contribution is 0.102. The largest absolute Gasteiger partial charge is 0.481 e. The third-order valence-corrected chi connectivity index (χ3v) is 2.31. The summed E-state index contributed by atoms with van der Waals surface area (Å²) in [5.74, 6) is -0.218. The number of ether oxygens (including phenoxy) is 1. The van der Waals surface area contributed by atoms with Crippen molar-refractivity contribution in [3.63, 3.8) is 0 Å². The van der Waals surface area contributed by atoms with Gasteiger partial charge in [-0.1, -0.05) is 0 Å². The van der Waals surface area contributed by atoms with Gasteiger partial charge in [-0.15, -0.1) is 0 Å². The Kier molecular flexibility index (Phi) is 3.52. The average molecular weight is 246 g/mol. The summed E-state index contributed by atoms with van der Waals surface area (Å²) in [6.45, 7) is 0. The standard InChI is InChI=1S/C13H11FN2O2/c1-18-12-7-2-9(8-15-12)13(17)16-11-5-3-10(14)4-6-11/h2-8H,1H3,(H,16,17). The van der Waals surface area contributed by atoms with Crippen molar-refractivity contribution in [1.29, 1.82) is 0 Å². The Labute approximate surface area is 103 Å². The number of carbonyl (C=O) groups is 1. The minimum atomic E-state index is -0.348. The zero-order valence-electron chi connectivity index (χ0n) is 9.68. The third kappa shape index (κ3) is 2.82. The van der Waals surface area contributed by atoms with E-state index in [1.54, 1.807) is 12.1 Å². The van der Waals surface area contributed by atoms with Gasteiger partial charge in [-0.05, 0) is 30.3 Å². The topological polar surface area (TPSA) is 51.2 Å². The highest BCUT2D eigenvalue weighted by molar-refractivity contribution is 6.04. The molecule has 0 aliphatic rings. The molecule has 0 bridgehead atoms. The fourth-order valence-corrected chi connectivity index (χ4v) is 1.37. The van der Waals surface area contributed by atoms with Gasteiger partial charge in [-0.2, -0.15) is 0 Å². The highest BCUT2D eigenvalue weighted by atomic mass is 19.1. The summed E-state index contributed by atoms with van der Waals surface area (Å²) >= 11 is 0. The summed E-state index contributed by atoms with van der Waals surface area (Å²) in [7, 11) is 1.50. The number of hydrogen-bond acceptors (Lipinski definition) is 3. The predicted molar refractivity (Wildman–Crippen MR) is 65.1 cm³/mol. The molecule has 1 heterocycles. The molecule has 4 nitrogen and oxygen atoms in total. The van der Waals surface area contributed by atoms with Crippen molar-refractivity contribution in [1.82, 2.24) is 4.98 Å². The lowest BCUT2D eigenvalue weighted by atomic mass is 10.2. The van der Waals surface area contributed by atoms with Gasteiger partial charge in [-0.3, -0.25) is 4.79 Å². The summed E-state index contributed by atoms with van der Waals surface area (Å²) in [4.78, 5) is 15.7. The molecular formula is C13H11FN2O2. The smallest absolute Gasteiger partial charge is 0.257 e. The van der Waals surface area contributed by atoms with E-state index in [2.05, 4.69) is 10.3 Å². The zero-order valence-corrected chi connectivity index (χ0v) is 9.68. The first-order valence-corrected chi connectivity index (χ1v) is 5.26. The van der Waals surface area contributed by atoms with E-state index in [-0.39, 0.29) is 11.7 Å². The number of nitrogens with one attached hydrogen (secondary N) is 1. The molecule has 2 rings (SSSR count). The number of pyridine rings is 1. The molecule has 0 saturated carbocycles. The Morgan fingerprint density at radius 1 is 1.22 bits per heavy atom. The van der Waals surface area contributed by atoms with Crippen molar-refractivity contribution in [2.75, 3.05) is 12.4 Å². The summed E-state index contributed by atoms with van der Waals surface area (Å²) in [5.41, 5.74) is 0.928. The van der Waals surface area contributed by atoms with Crippen LogP contribution in [-0.2, 0) is 0 Å². The second-order valence-corrected chi connectivity index (χ2v) is 3.55. The van der Waals surface area contributed by atoms with E-state index in [9.17, 15) is 9.18 Å². The van der Waals surface area contributed by atoms with Crippen LogP contribution in [0, 0.1) is 5.82 Å². The lowest BCUT2D eigenvalue weighted by Crippen LogP contribution is -2.12. The van der Waals surface area contributed by atoms with Gasteiger partial charge in [0.15, 0.2) is 0 Å². The van der Waals surface area contributed by atoms with Crippen molar-refractivity contribution >= 4 is 11.6 Å². The molecule has 1 aromatic heterocycles. The van der Waals surface area contributed by atoms with Gasteiger partial charge in [0, 0.05) is 18.0 Å². The zero-order chi connectivity index (χ0) is 13.0. The Morgan fingerprint density at radius 3 is 2.50 bits per heavy atom. The maximum absolute atomic E-state index is 12.7. The van der Waals surface area contributed by atoms with E-state index in [4.69, 9.17) is 4.74 Å². The number of rotatable bonds is 3. The Balaban J connectivity index is 2.09. The SMILES string of the molecule is COc1ccc(C(=O)Nc2ccc(F)cc2)cn1. The van der Waals surface area contributed by atoms with Gasteiger partial charge in [0.05, 0.1) is 12.7 Å². The molecule has 0 atom stereocenters. The van der Waals surface area contributed by atoms with Crippen molar-refractivity contribution in [2.45, 2.75) is 0 Å². The van der Waals surface area contributed by atoms with Gasteiger partial charge >= 0.3 is 0 Å². The van der Waals surface area contributed by atoms with Crippen molar-refractivity contribution in [3.05, 3.63) is 54.0 Å². The summed E-state index contributed by atoms with van der Waals surface area (Å²) in [6.07, 6.45) is 1.41. The van der Waals surface area contributed by atoms with Gasteiger partial charge in [0.1, 0.15) is 5.82 Å². The minimum absolute atomic E-state index is 0.309. The molecule has 1 N–H and O–H groups in total. The molecule has 0 radical (unpaired) electrons. The van der Waals surface area contributed by atoms with Crippen LogP contribution in [0.4, 0.5) is 10.1 Å². The Bertz CT molecular complexity index is 538. The number of amides is 1. The van der Waals surface area contributed by atoms with Crippen LogP contribution in [0.1, 0.15) is 10.4 Å². The molecule has 0 aliphatic carbocycles. The Morgan fingerprint density at radius 2 is 1.94 bits per heavy atom. The first-order valence-electron chi connectivity index (χ1n) is 5.26. The maximum Gasteiger partial charge on any atom is 0.257 e. The molecule has 5 heteroatoms. The molecule has 2 aromatic rings. The van der Waals surface area contributed by atoms with E-state index < -0.39 is 0 Å². The van der Waals surface area contributed by atoms with Gasteiger partial charge < -0.3 is 10.1 Å². The van der Waals surface area contributed by atoms with Crippen LogP contribution in [0.15, 0.2) is 42.6 Å². The normalized spacial score (nSPS) is 9.89. The molecule has 0 aliphatic heterocycles. The van der Waals surface area contributed by atoms with E-state index in [0.717, 1.165) is 0 Å². The number of halogens is 1. The highest BCUT2D eigenvalue weighted by Gasteiger charge is 2.06. The average Bonchev–Trinajstić information content (AvgIpc) is 2.41. The van der Waals surface area contributed by atoms with Crippen LogP contribution in [0.5, 0.6) is 5.88 Å². The number of aromatic nitrogens is 1. The fourth-order valence-electron chi connectivity index (χ4n) is 1.37. The summed E-state index contributed by atoms with van der Waals surface area (Å²) < 4.78 is 17.6. The summed E-state index contributed by atoms with van der Waals surface area (Å²) in [6, 6.07) is 8.74. The monoisotopic (exact) mass is 246 g/mol. The van der Waals surface area contributed by atoms with Crippen LogP contribution in [-0.4, -0.2) is 18.0 Å². The molecule has 1 amide bonds. The van der Waals surface area contributed by atoms with E-state index in [1.807, 2.05) is 0 Å². The second-order valence-electron chi connectivity index (χ2n) is 3.55. The molecule has 18 heavy (non-hydrogen) atoms. The molecule has 92 valence electrons. The number of methoxy groups -OCH3 is 1. The fraction of sp³-hybridized carbons (Fsp3) is 0.0769. The van der Waals surface area contributed by atoms with Crippen LogP contribution in [0.3, 0.4) is 0 Å². The van der Waals surface area contributed by atoms with Crippen molar-refractivity contribution in [3.8, 4) is 5.88 Å². The number of benzene rings is 1. The molecule has 0 spiro atoms. The molecule has 0 unspecified atom stereocenters. The van der Waals surface area contributed by atoms with E-state index in [0.29, 0.717) is 17.1 Å². The molecule has 0 saturated heterocycles. The van der Waals surface area contributed by atoms with Crippen LogP contribution < -0.4 is 10.1 Å². The van der Waals surface area contributed by atoms with Gasteiger partial charge in [0.2, 0.25) is 5.88 Å². The van der Waals surface area contributed by atoms with E-state index >= 15 is 0 Å². The minimum Gasteiger partial charge on any atom is -0.481 e. The third-order valence-electron chi connectivity index (χ3n) is 2.31. The van der Waals surface area contributed by atoms with Crippen molar-refractivity contribution in [2.24, 2.45) is 0 Å².